The lowest BCUT2D eigenvalue weighted by molar-refractivity contribution is 0.206. The molecule has 0 spiro atoms. The van der Waals surface area contributed by atoms with Crippen molar-refractivity contribution in [3.05, 3.63) is 59.5 Å². The van der Waals surface area contributed by atoms with Crippen LogP contribution in [0.2, 0.25) is 0 Å². The lowest BCUT2D eigenvalue weighted by Gasteiger charge is -2.22. The lowest BCUT2D eigenvalue weighted by atomic mass is 9.85. The molecule has 0 bridgehead atoms. The Bertz CT molecular complexity index is 1040. The maximum atomic E-state index is 9.84. The van der Waals surface area contributed by atoms with Crippen molar-refractivity contribution in [1.82, 2.24) is 15.0 Å². The molecule has 0 radical (unpaired) electrons. The van der Waals surface area contributed by atoms with Crippen LogP contribution in [0.25, 0.3) is 11.3 Å². The second kappa shape index (κ2) is 7.77. The summed E-state index contributed by atoms with van der Waals surface area (Å²) in [5, 5.41) is 22.4. The van der Waals surface area contributed by atoms with E-state index in [1.807, 2.05) is 12.3 Å². The largest absolute Gasteiger partial charge is 0.495 e. The molecule has 0 aliphatic heterocycles. The van der Waals surface area contributed by atoms with Crippen LogP contribution in [0.3, 0.4) is 0 Å². The molecule has 7 nitrogen and oxygen atoms in total. The fraction of sp³-hybridized carbons (Fsp3) is 0.318. The fourth-order valence-corrected chi connectivity index (χ4v) is 3.70. The molecule has 0 amide bonds. The van der Waals surface area contributed by atoms with E-state index in [-0.39, 0.29) is 18.6 Å². The summed E-state index contributed by atoms with van der Waals surface area (Å²) in [5.74, 6) is 1.05. The number of fused-ring (bicyclic) bond motifs is 1. The number of methoxy groups -OCH3 is 1. The molecular weight excluding hydrogens is 368 g/mol. The maximum Gasteiger partial charge on any atom is 0.227 e. The van der Waals surface area contributed by atoms with E-state index in [4.69, 9.17) is 4.74 Å². The number of anilines is 2. The van der Waals surface area contributed by atoms with Gasteiger partial charge >= 0.3 is 0 Å². The van der Waals surface area contributed by atoms with Crippen molar-refractivity contribution in [2.24, 2.45) is 0 Å². The summed E-state index contributed by atoms with van der Waals surface area (Å²) < 4.78 is 5.38. The molecule has 1 aliphatic rings. The molecule has 150 valence electrons. The van der Waals surface area contributed by atoms with Crippen LogP contribution < -0.4 is 10.1 Å². The van der Waals surface area contributed by atoms with Crippen molar-refractivity contribution in [2.75, 3.05) is 19.0 Å². The second-order valence-corrected chi connectivity index (χ2v) is 7.52. The van der Waals surface area contributed by atoms with Gasteiger partial charge in [-0.15, -0.1) is 0 Å². The van der Waals surface area contributed by atoms with E-state index in [0.29, 0.717) is 17.4 Å². The second-order valence-electron chi connectivity index (χ2n) is 7.52. The molecule has 1 unspecified atom stereocenters. The number of aryl methyl sites for hydroxylation is 1. The molecular formula is C22H24N4O3. The first-order chi connectivity index (χ1) is 14.1. The molecule has 0 saturated heterocycles. The molecule has 1 aliphatic carbocycles. The summed E-state index contributed by atoms with van der Waals surface area (Å²) in [6, 6.07) is 9.30. The van der Waals surface area contributed by atoms with Gasteiger partial charge in [0.05, 0.1) is 31.7 Å². The number of pyridine rings is 1. The van der Waals surface area contributed by atoms with Crippen LogP contribution in [0.1, 0.15) is 30.2 Å². The Balaban J connectivity index is 1.67. The first-order valence-electron chi connectivity index (χ1n) is 9.55. The Labute approximate surface area is 169 Å². The van der Waals surface area contributed by atoms with E-state index < -0.39 is 0 Å². The molecule has 0 fully saturated rings. The van der Waals surface area contributed by atoms with Crippen molar-refractivity contribution < 1.29 is 14.9 Å². The summed E-state index contributed by atoms with van der Waals surface area (Å²) in [4.78, 5) is 13.5. The number of rotatable bonds is 6. The van der Waals surface area contributed by atoms with E-state index in [9.17, 15) is 10.2 Å². The van der Waals surface area contributed by atoms with Gasteiger partial charge in [-0.05, 0) is 48.2 Å². The Hall–Kier alpha value is -3.03. The number of hydrogen-bond acceptors (Lipinski definition) is 7. The Morgan fingerprint density at radius 2 is 2.03 bits per heavy atom. The highest BCUT2D eigenvalue weighted by molar-refractivity contribution is 5.66. The van der Waals surface area contributed by atoms with Gasteiger partial charge in [0, 0.05) is 29.1 Å². The highest BCUT2D eigenvalue weighted by atomic mass is 16.5. The van der Waals surface area contributed by atoms with E-state index in [1.165, 1.54) is 0 Å². The molecule has 7 heteroatoms. The van der Waals surface area contributed by atoms with Crippen LogP contribution in [-0.2, 0) is 18.4 Å². The predicted octanol–water partition coefficient (Wildman–Crippen LogP) is 2.98. The van der Waals surface area contributed by atoms with Gasteiger partial charge in [0.25, 0.3) is 0 Å². The number of aromatic nitrogens is 3. The van der Waals surface area contributed by atoms with Crippen molar-refractivity contribution >= 4 is 11.6 Å². The molecule has 3 aromatic rings. The zero-order valence-corrected chi connectivity index (χ0v) is 16.5. The normalized spacial score (nSPS) is 17.8. The third kappa shape index (κ3) is 3.66. The molecule has 2 heterocycles. The summed E-state index contributed by atoms with van der Waals surface area (Å²) >= 11 is 0. The smallest absolute Gasteiger partial charge is 0.227 e. The van der Waals surface area contributed by atoms with Crippen molar-refractivity contribution in [3.63, 3.8) is 0 Å². The Morgan fingerprint density at radius 3 is 2.79 bits per heavy atom. The summed E-state index contributed by atoms with van der Waals surface area (Å²) in [6.45, 7) is 2.10. The van der Waals surface area contributed by atoms with Gasteiger partial charge in [-0.2, -0.15) is 0 Å². The van der Waals surface area contributed by atoms with E-state index >= 15 is 0 Å². The minimum atomic E-state index is -0.259. The summed E-state index contributed by atoms with van der Waals surface area (Å²) in [5.41, 5.74) is 4.93. The third-order valence-electron chi connectivity index (χ3n) is 5.53. The van der Waals surface area contributed by atoms with Crippen LogP contribution in [0.5, 0.6) is 5.75 Å². The lowest BCUT2D eigenvalue weighted by Crippen LogP contribution is -2.23. The minimum absolute atomic E-state index is 0.0655. The van der Waals surface area contributed by atoms with E-state index in [2.05, 4.69) is 33.3 Å². The van der Waals surface area contributed by atoms with Gasteiger partial charge in [0.15, 0.2) is 0 Å². The number of hydrogen-bond donors (Lipinski definition) is 3. The van der Waals surface area contributed by atoms with Gasteiger partial charge in [0.2, 0.25) is 5.95 Å². The Morgan fingerprint density at radius 1 is 1.17 bits per heavy atom. The quantitative estimate of drug-likeness (QED) is 0.593. The number of nitrogens with zero attached hydrogens (tertiary/aromatic N) is 3. The fourth-order valence-electron chi connectivity index (χ4n) is 3.70. The highest BCUT2D eigenvalue weighted by Gasteiger charge is 2.34. The highest BCUT2D eigenvalue weighted by Crippen LogP contribution is 2.39. The van der Waals surface area contributed by atoms with E-state index in [1.54, 1.807) is 31.5 Å². The number of aliphatic hydroxyl groups excluding tert-OH is 2. The Kier molecular flexibility index (Phi) is 5.17. The minimum Gasteiger partial charge on any atom is -0.495 e. The molecule has 29 heavy (non-hydrogen) atoms. The van der Waals surface area contributed by atoms with Gasteiger partial charge in [0.1, 0.15) is 5.75 Å². The number of ether oxygens (including phenoxy) is 1. The first kappa shape index (κ1) is 19.3. The zero-order valence-electron chi connectivity index (χ0n) is 16.5. The standard InChI is InChI=1S/C22H24N4O3/c1-22(13-28)7-5-18-16(22)10-15(11-24-18)17-6-8-23-21(25-17)26-19-9-14(12-27)3-4-20(19)29-2/h3-4,6,8-11,27-28H,5,7,12-13H2,1-2H3,(H,23,25,26). The van der Waals surface area contributed by atoms with E-state index in [0.717, 1.165) is 40.9 Å². The van der Waals surface area contributed by atoms with Gasteiger partial charge in [-0.1, -0.05) is 13.0 Å². The molecule has 1 aromatic carbocycles. The number of benzene rings is 1. The van der Waals surface area contributed by atoms with Crippen molar-refractivity contribution in [1.29, 1.82) is 0 Å². The van der Waals surface area contributed by atoms with Crippen molar-refractivity contribution in [3.8, 4) is 17.0 Å². The number of nitrogens with one attached hydrogen (secondary N) is 1. The third-order valence-corrected chi connectivity index (χ3v) is 5.53. The predicted molar refractivity (Wildman–Crippen MR) is 110 cm³/mol. The molecule has 4 rings (SSSR count). The zero-order chi connectivity index (χ0) is 20.4. The van der Waals surface area contributed by atoms with Crippen LogP contribution in [-0.4, -0.2) is 38.9 Å². The van der Waals surface area contributed by atoms with Gasteiger partial charge in [-0.25, -0.2) is 9.97 Å². The molecule has 2 aromatic heterocycles. The van der Waals surface area contributed by atoms with Crippen LogP contribution in [0.15, 0.2) is 42.7 Å². The maximum absolute atomic E-state index is 9.84. The van der Waals surface area contributed by atoms with Crippen LogP contribution in [0, 0.1) is 0 Å². The summed E-state index contributed by atoms with van der Waals surface area (Å²) in [6.07, 6.45) is 5.28. The van der Waals surface area contributed by atoms with Crippen molar-refractivity contribution in [2.45, 2.75) is 31.8 Å². The van der Waals surface area contributed by atoms with Crippen LogP contribution in [0.4, 0.5) is 11.6 Å². The first-order valence-corrected chi connectivity index (χ1v) is 9.55. The average molecular weight is 392 g/mol. The number of aliphatic hydroxyl groups is 2. The average Bonchev–Trinajstić information content (AvgIpc) is 3.10. The molecule has 0 saturated carbocycles. The SMILES string of the molecule is COc1ccc(CO)cc1Nc1nccc(-c2cnc3c(c2)C(C)(CO)CC3)n1. The monoisotopic (exact) mass is 392 g/mol. The van der Waals surface area contributed by atoms with Gasteiger partial charge in [-0.3, -0.25) is 4.98 Å². The van der Waals surface area contributed by atoms with Gasteiger partial charge < -0.3 is 20.3 Å². The molecule has 1 atom stereocenters. The van der Waals surface area contributed by atoms with Crippen LogP contribution >= 0.6 is 0 Å². The molecule has 3 N–H and O–H groups in total. The topological polar surface area (TPSA) is 100 Å². The summed E-state index contributed by atoms with van der Waals surface area (Å²) in [7, 11) is 1.59.